The van der Waals surface area contributed by atoms with Gasteiger partial charge in [-0.2, -0.15) is 5.10 Å². The van der Waals surface area contributed by atoms with Gasteiger partial charge in [0, 0.05) is 22.8 Å². The van der Waals surface area contributed by atoms with Gasteiger partial charge in [-0.25, -0.2) is 0 Å². The normalized spacial score (nSPS) is 11.1. The van der Waals surface area contributed by atoms with Crippen molar-refractivity contribution >= 4 is 39.4 Å². The van der Waals surface area contributed by atoms with Crippen molar-refractivity contribution in [3.8, 4) is 0 Å². The molecule has 0 radical (unpaired) electrons. The number of benzene rings is 1. The maximum atomic E-state index is 12.0. The summed E-state index contributed by atoms with van der Waals surface area (Å²) in [4.78, 5) is 12.0. The van der Waals surface area contributed by atoms with Crippen LogP contribution in [0.25, 0.3) is 6.08 Å². The minimum absolute atomic E-state index is 0.0802. The van der Waals surface area contributed by atoms with Crippen LogP contribution in [0.5, 0.6) is 0 Å². The summed E-state index contributed by atoms with van der Waals surface area (Å²) in [6.07, 6.45) is 4.86. The first-order chi connectivity index (χ1) is 9.10. The summed E-state index contributed by atoms with van der Waals surface area (Å²) < 4.78 is 2.60. The minimum atomic E-state index is -0.0802. The molecule has 0 amide bonds. The smallest absolute Gasteiger partial charge is 0.185 e. The van der Waals surface area contributed by atoms with Crippen LogP contribution in [0.2, 0.25) is 5.02 Å². The van der Waals surface area contributed by atoms with Crippen LogP contribution < -0.4 is 0 Å². The Bertz CT molecular complexity index is 634. The van der Waals surface area contributed by atoms with Gasteiger partial charge in [-0.3, -0.25) is 9.48 Å². The number of halogens is 2. The molecule has 0 atom stereocenters. The van der Waals surface area contributed by atoms with E-state index in [2.05, 4.69) is 21.0 Å². The van der Waals surface area contributed by atoms with Crippen molar-refractivity contribution in [1.82, 2.24) is 9.78 Å². The zero-order valence-electron chi connectivity index (χ0n) is 10.3. The minimum Gasteiger partial charge on any atom is -0.289 e. The van der Waals surface area contributed by atoms with E-state index >= 15 is 0 Å². The molecule has 1 aromatic carbocycles. The van der Waals surface area contributed by atoms with Gasteiger partial charge in [-0.05, 0) is 31.2 Å². The fourth-order valence-electron chi connectivity index (χ4n) is 1.58. The molecule has 0 aliphatic rings. The first-order valence-electron chi connectivity index (χ1n) is 5.81. The maximum absolute atomic E-state index is 12.0. The predicted molar refractivity (Wildman–Crippen MR) is 80.4 cm³/mol. The van der Waals surface area contributed by atoms with Gasteiger partial charge in [-0.1, -0.05) is 39.7 Å². The fraction of sp³-hybridized carbons (Fsp3) is 0.143. The highest BCUT2D eigenvalue weighted by Gasteiger charge is 2.05. The second-order valence-corrected chi connectivity index (χ2v) is 5.25. The van der Waals surface area contributed by atoms with E-state index in [-0.39, 0.29) is 5.78 Å². The Morgan fingerprint density at radius 3 is 2.95 bits per heavy atom. The Balaban J connectivity index is 2.18. The first kappa shape index (κ1) is 14.0. The van der Waals surface area contributed by atoms with E-state index in [1.54, 1.807) is 29.1 Å². The van der Waals surface area contributed by atoms with Crippen LogP contribution in [0.4, 0.5) is 0 Å². The lowest BCUT2D eigenvalue weighted by molar-refractivity contribution is 0.104. The van der Waals surface area contributed by atoms with Crippen molar-refractivity contribution in [3.05, 3.63) is 57.3 Å². The number of ketones is 1. The van der Waals surface area contributed by atoms with Crippen LogP contribution in [0, 0.1) is 0 Å². The van der Waals surface area contributed by atoms with E-state index in [1.807, 2.05) is 19.1 Å². The molecule has 0 fully saturated rings. The molecule has 3 nitrogen and oxygen atoms in total. The van der Waals surface area contributed by atoms with Crippen molar-refractivity contribution in [1.29, 1.82) is 0 Å². The Hall–Kier alpha value is -1.39. The average Bonchev–Trinajstić information content (AvgIpc) is 2.76. The molecule has 98 valence electrons. The highest BCUT2D eigenvalue weighted by Crippen LogP contribution is 2.17. The molecule has 1 aromatic heterocycles. The van der Waals surface area contributed by atoms with Crippen molar-refractivity contribution in [2.75, 3.05) is 0 Å². The van der Waals surface area contributed by atoms with Gasteiger partial charge in [0.05, 0.1) is 5.02 Å². The lowest BCUT2D eigenvalue weighted by Gasteiger charge is -1.96. The number of aromatic nitrogens is 2. The third kappa shape index (κ3) is 3.55. The third-order valence-corrected chi connectivity index (χ3v) is 3.35. The van der Waals surface area contributed by atoms with Gasteiger partial charge in [0.1, 0.15) is 5.69 Å². The van der Waals surface area contributed by atoms with Crippen LogP contribution in [0.1, 0.15) is 23.0 Å². The number of allylic oxidation sites excluding steroid dienone is 1. The number of aryl methyl sites for hydroxylation is 1. The molecule has 0 bridgehead atoms. The molecule has 1 heterocycles. The van der Waals surface area contributed by atoms with E-state index in [0.29, 0.717) is 16.3 Å². The SMILES string of the molecule is CCn1cc(Cl)c(/C=C/C(=O)c2cccc(Br)c2)n1. The van der Waals surface area contributed by atoms with Gasteiger partial charge < -0.3 is 0 Å². The number of hydrogen-bond donors (Lipinski definition) is 0. The molecule has 2 rings (SSSR count). The quantitative estimate of drug-likeness (QED) is 0.617. The molecule has 0 unspecified atom stereocenters. The van der Waals surface area contributed by atoms with Crippen molar-refractivity contribution in [2.45, 2.75) is 13.5 Å². The summed E-state index contributed by atoms with van der Waals surface area (Å²) in [5.74, 6) is -0.0802. The molecule has 0 spiro atoms. The highest BCUT2D eigenvalue weighted by molar-refractivity contribution is 9.10. The number of carbonyl (C=O) groups excluding carboxylic acids is 1. The zero-order chi connectivity index (χ0) is 13.8. The maximum Gasteiger partial charge on any atom is 0.185 e. The molecule has 2 aromatic rings. The second-order valence-electron chi connectivity index (χ2n) is 3.93. The number of nitrogens with zero attached hydrogens (tertiary/aromatic N) is 2. The average molecular weight is 340 g/mol. The Labute approximate surface area is 125 Å². The van der Waals surface area contributed by atoms with Crippen molar-refractivity contribution in [3.63, 3.8) is 0 Å². The summed E-state index contributed by atoms with van der Waals surface area (Å²) in [7, 11) is 0. The van der Waals surface area contributed by atoms with Gasteiger partial charge in [-0.15, -0.1) is 0 Å². The Kier molecular flexibility index (Phi) is 4.56. The topological polar surface area (TPSA) is 34.9 Å². The highest BCUT2D eigenvalue weighted by atomic mass is 79.9. The van der Waals surface area contributed by atoms with E-state index < -0.39 is 0 Å². The largest absolute Gasteiger partial charge is 0.289 e. The van der Waals surface area contributed by atoms with E-state index in [0.717, 1.165) is 11.0 Å². The third-order valence-electron chi connectivity index (χ3n) is 2.57. The summed E-state index contributed by atoms with van der Waals surface area (Å²) in [5.41, 5.74) is 1.23. The fourth-order valence-corrected chi connectivity index (χ4v) is 2.19. The lowest BCUT2D eigenvalue weighted by atomic mass is 10.1. The van der Waals surface area contributed by atoms with E-state index in [4.69, 9.17) is 11.6 Å². The Morgan fingerprint density at radius 2 is 2.32 bits per heavy atom. The molecule has 0 saturated carbocycles. The van der Waals surface area contributed by atoms with Crippen molar-refractivity contribution in [2.24, 2.45) is 0 Å². The summed E-state index contributed by atoms with van der Waals surface area (Å²) in [5, 5.41) is 4.79. The van der Waals surface area contributed by atoms with Gasteiger partial charge in [0.25, 0.3) is 0 Å². The van der Waals surface area contributed by atoms with Gasteiger partial charge in [0.15, 0.2) is 5.78 Å². The number of rotatable bonds is 4. The summed E-state index contributed by atoms with van der Waals surface area (Å²) in [6, 6.07) is 7.24. The molecule has 0 N–H and O–H groups in total. The summed E-state index contributed by atoms with van der Waals surface area (Å²) >= 11 is 9.36. The number of carbonyl (C=O) groups is 1. The number of hydrogen-bond acceptors (Lipinski definition) is 2. The second kappa shape index (κ2) is 6.17. The lowest BCUT2D eigenvalue weighted by Crippen LogP contribution is -1.95. The van der Waals surface area contributed by atoms with Crippen LogP contribution >= 0.6 is 27.5 Å². The standard InChI is InChI=1S/C14H12BrClN2O/c1-2-18-9-12(16)13(17-18)6-7-14(19)10-4-3-5-11(15)8-10/h3-9H,2H2,1H3/b7-6+. The predicted octanol–water partition coefficient (Wildman–Crippen LogP) is 4.22. The monoisotopic (exact) mass is 338 g/mol. The first-order valence-corrected chi connectivity index (χ1v) is 6.98. The zero-order valence-corrected chi connectivity index (χ0v) is 12.6. The van der Waals surface area contributed by atoms with Crippen LogP contribution in [0.3, 0.4) is 0 Å². The molecule has 19 heavy (non-hydrogen) atoms. The molecule has 5 heteroatoms. The van der Waals surface area contributed by atoms with Crippen molar-refractivity contribution < 1.29 is 4.79 Å². The molecule has 0 aliphatic heterocycles. The van der Waals surface area contributed by atoms with Gasteiger partial charge in [0.2, 0.25) is 0 Å². The van der Waals surface area contributed by atoms with Crippen LogP contribution in [0.15, 0.2) is 41.0 Å². The summed E-state index contributed by atoms with van der Waals surface area (Å²) in [6.45, 7) is 2.72. The van der Waals surface area contributed by atoms with Crippen LogP contribution in [-0.4, -0.2) is 15.6 Å². The molecule has 0 aliphatic carbocycles. The van der Waals surface area contributed by atoms with E-state index in [1.165, 1.54) is 6.08 Å². The molecular weight excluding hydrogens is 328 g/mol. The Morgan fingerprint density at radius 1 is 1.53 bits per heavy atom. The van der Waals surface area contributed by atoms with Gasteiger partial charge >= 0.3 is 0 Å². The van der Waals surface area contributed by atoms with Crippen LogP contribution in [-0.2, 0) is 6.54 Å². The van der Waals surface area contributed by atoms with E-state index in [9.17, 15) is 4.79 Å². The molecule has 0 saturated heterocycles. The molecular formula is C14H12BrClN2O.